The molecule has 0 bridgehead atoms. The molecule has 0 aliphatic carbocycles. The van der Waals surface area contributed by atoms with E-state index < -0.39 is 5.97 Å². The molecule has 25 heavy (non-hydrogen) atoms. The number of carboxylic acids is 1. The molecule has 0 aliphatic heterocycles. The van der Waals surface area contributed by atoms with Crippen molar-refractivity contribution >= 4 is 34.9 Å². The minimum Gasteiger partial charge on any atom is -0.494 e. The van der Waals surface area contributed by atoms with Gasteiger partial charge in [-0.2, -0.15) is 0 Å². The molecule has 0 saturated carbocycles. The van der Waals surface area contributed by atoms with Gasteiger partial charge < -0.3 is 15.2 Å². The first kappa shape index (κ1) is 18.4. The second kappa shape index (κ2) is 8.25. The van der Waals surface area contributed by atoms with E-state index in [0.29, 0.717) is 29.2 Å². The fraction of sp³-hybridized carbons (Fsp3) is 0.167. The molecule has 0 unspecified atom stereocenters. The summed E-state index contributed by atoms with van der Waals surface area (Å²) in [6, 6.07) is 11.6. The van der Waals surface area contributed by atoms with Crippen LogP contribution in [0.2, 0.25) is 0 Å². The Morgan fingerprint density at radius 3 is 2.60 bits per heavy atom. The number of benzene rings is 2. The second-order valence-electron chi connectivity index (χ2n) is 5.15. The van der Waals surface area contributed by atoms with Crippen LogP contribution in [-0.4, -0.2) is 28.7 Å². The van der Waals surface area contributed by atoms with Crippen LogP contribution in [0.5, 0.6) is 5.75 Å². The second-order valence-corrected chi connectivity index (χ2v) is 5.56. The van der Waals surface area contributed by atoms with Gasteiger partial charge in [0, 0.05) is 11.3 Å². The molecule has 130 valence electrons. The number of carboxylic acid groups (broad SMARTS) is 1. The third-order valence-electron chi connectivity index (χ3n) is 3.45. The van der Waals surface area contributed by atoms with Crippen molar-refractivity contribution in [2.75, 3.05) is 11.9 Å². The highest BCUT2D eigenvalue weighted by molar-refractivity contribution is 7.80. The van der Waals surface area contributed by atoms with Gasteiger partial charge in [-0.3, -0.25) is 10.1 Å². The average molecular weight is 358 g/mol. The zero-order valence-corrected chi connectivity index (χ0v) is 14.6. The third kappa shape index (κ3) is 4.77. The molecular weight excluding hydrogens is 340 g/mol. The van der Waals surface area contributed by atoms with Crippen LogP contribution in [0, 0.1) is 6.92 Å². The first-order chi connectivity index (χ1) is 11.9. The summed E-state index contributed by atoms with van der Waals surface area (Å²) in [7, 11) is 0. The maximum atomic E-state index is 12.3. The Balaban J connectivity index is 2.08. The summed E-state index contributed by atoms with van der Waals surface area (Å²) in [6.45, 7) is 4.03. The molecule has 0 fully saturated rings. The van der Waals surface area contributed by atoms with Gasteiger partial charge >= 0.3 is 5.97 Å². The average Bonchev–Trinajstić information content (AvgIpc) is 2.57. The van der Waals surface area contributed by atoms with Gasteiger partial charge in [-0.15, -0.1) is 0 Å². The topological polar surface area (TPSA) is 87.7 Å². The number of amides is 1. The van der Waals surface area contributed by atoms with Crippen molar-refractivity contribution in [2.45, 2.75) is 13.8 Å². The largest absolute Gasteiger partial charge is 0.494 e. The summed E-state index contributed by atoms with van der Waals surface area (Å²) < 4.78 is 5.36. The lowest BCUT2D eigenvalue weighted by molar-refractivity contribution is 0.0696. The van der Waals surface area contributed by atoms with Gasteiger partial charge in [0.15, 0.2) is 5.11 Å². The van der Waals surface area contributed by atoms with Crippen LogP contribution in [0.4, 0.5) is 5.69 Å². The number of ether oxygens (including phenoxy) is 1. The quantitative estimate of drug-likeness (QED) is 0.712. The predicted molar refractivity (Wildman–Crippen MR) is 99.4 cm³/mol. The fourth-order valence-corrected chi connectivity index (χ4v) is 2.43. The van der Waals surface area contributed by atoms with E-state index in [-0.39, 0.29) is 16.6 Å². The SMILES string of the molecule is CCOc1cccc(C(=O)NC(=S)Nc2cccc(C(=O)O)c2C)c1. The predicted octanol–water partition coefficient (Wildman–Crippen LogP) is 3.22. The minimum absolute atomic E-state index is 0.0810. The summed E-state index contributed by atoms with van der Waals surface area (Å²) in [6.07, 6.45) is 0. The maximum absolute atomic E-state index is 12.3. The van der Waals surface area contributed by atoms with Gasteiger partial charge in [0.25, 0.3) is 5.91 Å². The smallest absolute Gasteiger partial charge is 0.336 e. The standard InChI is InChI=1S/C18H18N2O4S/c1-3-24-13-7-4-6-12(10-13)16(21)20-18(25)19-15-9-5-8-14(11(15)2)17(22)23/h4-10H,3H2,1-2H3,(H,22,23)(H2,19,20,21,25). The van der Waals surface area contributed by atoms with Crippen LogP contribution in [-0.2, 0) is 0 Å². The van der Waals surface area contributed by atoms with Gasteiger partial charge in [0.1, 0.15) is 5.75 Å². The first-order valence-electron chi connectivity index (χ1n) is 7.60. The molecule has 0 radical (unpaired) electrons. The highest BCUT2D eigenvalue weighted by Gasteiger charge is 2.13. The Morgan fingerprint density at radius 1 is 1.20 bits per heavy atom. The fourth-order valence-electron chi connectivity index (χ4n) is 2.23. The van der Waals surface area contributed by atoms with Gasteiger partial charge in [-0.1, -0.05) is 12.1 Å². The number of anilines is 1. The number of hydrogen-bond acceptors (Lipinski definition) is 4. The lowest BCUT2D eigenvalue weighted by Gasteiger charge is -2.13. The van der Waals surface area contributed by atoms with E-state index in [1.807, 2.05) is 6.92 Å². The lowest BCUT2D eigenvalue weighted by Crippen LogP contribution is -2.34. The van der Waals surface area contributed by atoms with E-state index in [2.05, 4.69) is 10.6 Å². The molecule has 0 atom stereocenters. The highest BCUT2D eigenvalue weighted by Crippen LogP contribution is 2.19. The van der Waals surface area contributed by atoms with Crippen molar-refractivity contribution in [3.8, 4) is 5.75 Å². The summed E-state index contributed by atoms with van der Waals surface area (Å²) in [5, 5.41) is 14.6. The molecule has 2 rings (SSSR count). The van der Waals surface area contributed by atoms with Gasteiger partial charge in [0.2, 0.25) is 0 Å². The zero-order chi connectivity index (χ0) is 18.4. The number of carbonyl (C=O) groups is 2. The summed E-state index contributed by atoms with van der Waals surface area (Å²) in [5.74, 6) is -0.811. The molecule has 2 aromatic rings. The molecule has 0 spiro atoms. The monoisotopic (exact) mass is 358 g/mol. The maximum Gasteiger partial charge on any atom is 0.336 e. The Hall–Kier alpha value is -2.93. The molecule has 7 heteroatoms. The number of carbonyl (C=O) groups excluding carboxylic acids is 1. The molecule has 6 nitrogen and oxygen atoms in total. The Labute approximate surface area is 150 Å². The van der Waals surface area contributed by atoms with Crippen molar-refractivity contribution in [2.24, 2.45) is 0 Å². The van der Waals surface area contributed by atoms with Crippen LogP contribution in [0.15, 0.2) is 42.5 Å². The number of hydrogen-bond donors (Lipinski definition) is 3. The van der Waals surface area contributed by atoms with Crippen molar-refractivity contribution < 1.29 is 19.4 Å². The number of aromatic carboxylic acids is 1. The molecule has 0 aliphatic rings. The highest BCUT2D eigenvalue weighted by atomic mass is 32.1. The lowest BCUT2D eigenvalue weighted by atomic mass is 10.1. The van der Waals surface area contributed by atoms with Crippen molar-refractivity contribution in [1.82, 2.24) is 5.32 Å². The van der Waals surface area contributed by atoms with Crippen molar-refractivity contribution in [3.63, 3.8) is 0 Å². The van der Waals surface area contributed by atoms with E-state index in [1.54, 1.807) is 43.3 Å². The Morgan fingerprint density at radius 2 is 1.92 bits per heavy atom. The molecule has 0 aromatic heterocycles. The van der Waals surface area contributed by atoms with Gasteiger partial charge in [-0.05, 0) is 62.0 Å². The molecule has 2 aromatic carbocycles. The summed E-state index contributed by atoms with van der Waals surface area (Å²) in [5.41, 5.74) is 1.63. The van der Waals surface area contributed by atoms with Crippen LogP contribution in [0.3, 0.4) is 0 Å². The molecule has 0 heterocycles. The van der Waals surface area contributed by atoms with E-state index >= 15 is 0 Å². The van der Waals surface area contributed by atoms with Crippen molar-refractivity contribution in [3.05, 3.63) is 59.2 Å². The number of rotatable bonds is 5. The number of thiocarbonyl (C=S) groups is 1. The van der Waals surface area contributed by atoms with Crippen LogP contribution in [0.1, 0.15) is 33.2 Å². The first-order valence-corrected chi connectivity index (χ1v) is 8.01. The van der Waals surface area contributed by atoms with E-state index in [0.717, 1.165) is 0 Å². The molecule has 1 amide bonds. The van der Waals surface area contributed by atoms with Crippen LogP contribution in [0.25, 0.3) is 0 Å². The van der Waals surface area contributed by atoms with Gasteiger partial charge in [-0.25, -0.2) is 4.79 Å². The van der Waals surface area contributed by atoms with Crippen LogP contribution < -0.4 is 15.4 Å². The zero-order valence-electron chi connectivity index (χ0n) is 13.8. The van der Waals surface area contributed by atoms with Gasteiger partial charge in [0.05, 0.1) is 12.2 Å². The Kier molecular flexibility index (Phi) is 6.08. The Bertz CT molecular complexity index is 820. The molecular formula is C18H18N2O4S. The summed E-state index contributed by atoms with van der Waals surface area (Å²) in [4.78, 5) is 23.4. The van der Waals surface area contributed by atoms with Crippen molar-refractivity contribution in [1.29, 1.82) is 0 Å². The summed E-state index contributed by atoms with van der Waals surface area (Å²) >= 11 is 5.14. The van der Waals surface area contributed by atoms with E-state index in [4.69, 9.17) is 22.1 Å². The van der Waals surface area contributed by atoms with E-state index in [9.17, 15) is 9.59 Å². The third-order valence-corrected chi connectivity index (χ3v) is 3.65. The molecule has 3 N–H and O–H groups in total. The number of nitrogens with one attached hydrogen (secondary N) is 2. The minimum atomic E-state index is -1.02. The van der Waals surface area contributed by atoms with E-state index in [1.165, 1.54) is 6.07 Å². The van der Waals surface area contributed by atoms with Crippen LogP contribution >= 0.6 is 12.2 Å². The molecule has 0 saturated heterocycles. The normalized spacial score (nSPS) is 10.0.